The largest absolute Gasteiger partial charge is 0.414 e. The van der Waals surface area contributed by atoms with E-state index in [2.05, 4.69) is 48.4 Å². The Kier molecular flexibility index (Phi) is 4.77. The zero-order valence-corrected chi connectivity index (χ0v) is 16.8. The van der Waals surface area contributed by atoms with Crippen molar-refractivity contribution >= 4 is 31.0 Å². The molecule has 3 heterocycles. The highest BCUT2D eigenvalue weighted by Crippen LogP contribution is 2.38. The minimum Gasteiger partial charge on any atom is -0.414 e. The second kappa shape index (κ2) is 6.41. The first-order chi connectivity index (χ1) is 11.2. The Bertz CT molecular complexity index is 726. The molecular formula is C17H26ClN3O2Si. The minimum atomic E-state index is -1.74. The van der Waals surface area contributed by atoms with Gasteiger partial charge >= 0.3 is 0 Å². The summed E-state index contributed by atoms with van der Waals surface area (Å²) in [4.78, 5) is 8.44. The molecule has 132 valence electrons. The summed E-state index contributed by atoms with van der Waals surface area (Å²) in [7, 11) is -1.74. The number of rotatable bonds is 4. The van der Waals surface area contributed by atoms with Gasteiger partial charge in [-0.15, -0.1) is 0 Å². The molecule has 0 amide bonds. The lowest BCUT2D eigenvalue weighted by Gasteiger charge is -2.36. The van der Waals surface area contributed by atoms with E-state index in [-0.39, 0.29) is 17.4 Å². The maximum Gasteiger partial charge on any atom is 0.192 e. The average molecular weight is 368 g/mol. The van der Waals surface area contributed by atoms with Crippen molar-refractivity contribution in [2.75, 3.05) is 6.61 Å². The maximum absolute atomic E-state index is 6.31. The smallest absolute Gasteiger partial charge is 0.192 e. The van der Waals surface area contributed by atoms with E-state index in [1.807, 2.05) is 6.07 Å². The van der Waals surface area contributed by atoms with E-state index in [4.69, 9.17) is 20.8 Å². The summed E-state index contributed by atoms with van der Waals surface area (Å²) in [5.74, 6) is 0. The van der Waals surface area contributed by atoms with Gasteiger partial charge in [-0.25, -0.2) is 9.97 Å². The monoisotopic (exact) mass is 367 g/mol. The summed E-state index contributed by atoms with van der Waals surface area (Å²) in [5.41, 5.74) is 1.69. The van der Waals surface area contributed by atoms with Crippen LogP contribution in [0, 0.1) is 0 Å². The van der Waals surface area contributed by atoms with Crippen molar-refractivity contribution in [2.24, 2.45) is 0 Å². The molecule has 24 heavy (non-hydrogen) atoms. The molecule has 1 saturated heterocycles. The van der Waals surface area contributed by atoms with Crippen molar-refractivity contribution in [3.8, 4) is 0 Å². The van der Waals surface area contributed by atoms with Gasteiger partial charge in [0.25, 0.3) is 0 Å². The fourth-order valence-corrected chi connectivity index (χ4v) is 3.93. The van der Waals surface area contributed by atoms with Gasteiger partial charge in [0.05, 0.1) is 24.6 Å². The maximum atomic E-state index is 6.31. The Morgan fingerprint density at radius 2 is 2.08 bits per heavy atom. The van der Waals surface area contributed by atoms with Crippen LogP contribution >= 0.6 is 11.6 Å². The van der Waals surface area contributed by atoms with Gasteiger partial charge in [0.2, 0.25) is 0 Å². The van der Waals surface area contributed by atoms with E-state index < -0.39 is 8.32 Å². The van der Waals surface area contributed by atoms with Crippen molar-refractivity contribution in [1.29, 1.82) is 0 Å². The molecule has 0 aliphatic carbocycles. The summed E-state index contributed by atoms with van der Waals surface area (Å²) < 4.78 is 14.6. The van der Waals surface area contributed by atoms with Gasteiger partial charge in [0, 0.05) is 6.20 Å². The summed E-state index contributed by atoms with van der Waals surface area (Å²) in [6.45, 7) is 12.0. The van der Waals surface area contributed by atoms with Gasteiger partial charge in [-0.1, -0.05) is 32.4 Å². The number of hydrogen-bond acceptors (Lipinski definition) is 4. The van der Waals surface area contributed by atoms with E-state index in [1.165, 1.54) is 0 Å². The quantitative estimate of drug-likeness (QED) is 0.576. The standard InChI is InChI=1S/C17H26ClN3O2Si/c1-17(2,3)24(4,5)22-10-12-6-7-14(23-12)21-11-20-15-13(21)8-9-19-16(15)18/h8-9,11-12,14H,6-7,10H2,1-5H3/t12-,14+/m0/s1. The van der Waals surface area contributed by atoms with Crippen molar-refractivity contribution in [1.82, 2.24) is 14.5 Å². The van der Waals surface area contributed by atoms with Crippen LogP contribution in [0.4, 0.5) is 0 Å². The summed E-state index contributed by atoms with van der Waals surface area (Å²) in [5, 5.41) is 0.650. The lowest BCUT2D eigenvalue weighted by Crippen LogP contribution is -2.42. The molecule has 0 N–H and O–H groups in total. The normalized spacial score (nSPS) is 22.4. The fraction of sp³-hybridized carbons (Fsp3) is 0.647. The molecule has 0 bridgehead atoms. The first-order valence-corrected chi connectivity index (χ1v) is 11.7. The second-order valence-electron chi connectivity index (χ2n) is 7.98. The lowest BCUT2D eigenvalue weighted by atomic mass is 10.2. The fourth-order valence-electron chi connectivity index (χ4n) is 2.69. The third-order valence-electron chi connectivity index (χ3n) is 5.28. The number of nitrogens with zero attached hydrogens (tertiary/aromatic N) is 3. The van der Waals surface area contributed by atoms with E-state index >= 15 is 0 Å². The van der Waals surface area contributed by atoms with Gasteiger partial charge in [-0.05, 0) is 37.0 Å². The van der Waals surface area contributed by atoms with Crippen molar-refractivity contribution in [2.45, 2.75) is 64.1 Å². The zero-order chi connectivity index (χ0) is 17.5. The molecule has 1 aliphatic heterocycles. The van der Waals surface area contributed by atoms with Crippen molar-refractivity contribution < 1.29 is 9.16 Å². The van der Waals surface area contributed by atoms with Crippen LogP contribution in [0.2, 0.25) is 23.3 Å². The summed E-state index contributed by atoms with van der Waals surface area (Å²) >= 11 is 6.11. The molecule has 0 aromatic carbocycles. The molecular weight excluding hydrogens is 342 g/mol. The number of aromatic nitrogens is 3. The summed E-state index contributed by atoms with van der Waals surface area (Å²) in [6.07, 6.45) is 5.57. The Labute approximate surface area is 149 Å². The van der Waals surface area contributed by atoms with Crippen LogP contribution in [0.15, 0.2) is 18.6 Å². The third kappa shape index (κ3) is 3.38. The predicted octanol–water partition coefficient (Wildman–Crippen LogP) is 4.78. The number of hydrogen-bond donors (Lipinski definition) is 0. The predicted molar refractivity (Wildman–Crippen MR) is 98.8 cm³/mol. The van der Waals surface area contributed by atoms with Crippen LogP contribution in [0.1, 0.15) is 39.8 Å². The van der Waals surface area contributed by atoms with Crippen LogP contribution in [0.5, 0.6) is 0 Å². The lowest BCUT2D eigenvalue weighted by molar-refractivity contribution is -0.0179. The third-order valence-corrected chi connectivity index (χ3v) is 10.1. The van der Waals surface area contributed by atoms with Crippen LogP contribution in [0.3, 0.4) is 0 Å². The Balaban J connectivity index is 1.66. The molecule has 5 nitrogen and oxygen atoms in total. The van der Waals surface area contributed by atoms with Crippen LogP contribution in [-0.2, 0) is 9.16 Å². The van der Waals surface area contributed by atoms with Crippen LogP contribution in [0.25, 0.3) is 11.0 Å². The topological polar surface area (TPSA) is 49.2 Å². The molecule has 0 saturated carbocycles. The van der Waals surface area contributed by atoms with Gasteiger partial charge in [0.15, 0.2) is 13.5 Å². The molecule has 1 aliphatic rings. The number of fused-ring (bicyclic) bond motifs is 1. The molecule has 7 heteroatoms. The average Bonchev–Trinajstić information content (AvgIpc) is 3.10. The van der Waals surface area contributed by atoms with Gasteiger partial charge in [0.1, 0.15) is 11.7 Å². The van der Waals surface area contributed by atoms with E-state index in [0.717, 1.165) is 23.9 Å². The van der Waals surface area contributed by atoms with Crippen LogP contribution in [-0.4, -0.2) is 35.6 Å². The molecule has 0 radical (unpaired) electrons. The minimum absolute atomic E-state index is 0.0125. The van der Waals surface area contributed by atoms with Crippen molar-refractivity contribution in [3.63, 3.8) is 0 Å². The molecule has 2 aromatic heterocycles. The van der Waals surface area contributed by atoms with Crippen LogP contribution < -0.4 is 0 Å². The molecule has 2 aromatic rings. The van der Waals surface area contributed by atoms with E-state index in [0.29, 0.717) is 11.8 Å². The number of imidazole rings is 1. The molecule has 1 fully saturated rings. The molecule has 0 unspecified atom stereocenters. The number of ether oxygens (including phenoxy) is 1. The van der Waals surface area contributed by atoms with E-state index in [1.54, 1.807) is 12.5 Å². The molecule has 0 spiro atoms. The Hall–Kier alpha value is -0.953. The number of pyridine rings is 1. The summed E-state index contributed by atoms with van der Waals surface area (Å²) in [6, 6.07) is 1.93. The number of halogens is 1. The van der Waals surface area contributed by atoms with E-state index in [9.17, 15) is 0 Å². The molecule has 3 rings (SSSR count). The second-order valence-corrected chi connectivity index (χ2v) is 13.2. The van der Waals surface area contributed by atoms with Gasteiger partial charge < -0.3 is 13.7 Å². The zero-order valence-electron chi connectivity index (χ0n) is 15.0. The van der Waals surface area contributed by atoms with Crippen molar-refractivity contribution in [3.05, 3.63) is 23.7 Å². The SMILES string of the molecule is CC(C)(C)[Si](C)(C)OC[C@@H]1CC[C@H](n2cnc3c(Cl)nccc32)O1. The highest BCUT2D eigenvalue weighted by atomic mass is 35.5. The highest BCUT2D eigenvalue weighted by Gasteiger charge is 2.38. The highest BCUT2D eigenvalue weighted by molar-refractivity contribution is 6.74. The Morgan fingerprint density at radius 1 is 1.33 bits per heavy atom. The van der Waals surface area contributed by atoms with Gasteiger partial charge in [-0.2, -0.15) is 0 Å². The first-order valence-electron chi connectivity index (χ1n) is 8.45. The first kappa shape index (κ1) is 17.9. The molecule has 2 atom stereocenters. The van der Waals surface area contributed by atoms with Gasteiger partial charge in [-0.3, -0.25) is 0 Å². The Morgan fingerprint density at radius 3 is 2.79 bits per heavy atom.